The molecule has 0 radical (unpaired) electrons. The number of rotatable bonds is 3. The van der Waals surface area contributed by atoms with Gasteiger partial charge in [-0.25, -0.2) is 9.37 Å². The summed E-state index contributed by atoms with van der Waals surface area (Å²) in [4.78, 5) is 17.0. The largest absolute Gasteiger partial charge is 0.457 e. The average Bonchev–Trinajstić information content (AvgIpc) is 3.10. The molecule has 2 heterocycles. The molecule has 5 nitrogen and oxygen atoms in total. The van der Waals surface area contributed by atoms with Crippen LogP contribution in [0.3, 0.4) is 0 Å². The summed E-state index contributed by atoms with van der Waals surface area (Å²) < 4.78 is 25.4. The number of halogens is 1. The minimum atomic E-state index is -0.322. The molecule has 5 aromatic rings. The van der Waals surface area contributed by atoms with Crippen molar-refractivity contribution in [1.29, 1.82) is 0 Å². The van der Waals surface area contributed by atoms with E-state index in [1.807, 2.05) is 0 Å². The predicted molar refractivity (Wildman–Crippen MR) is 112 cm³/mol. The van der Waals surface area contributed by atoms with E-state index in [1.54, 1.807) is 48.5 Å². The average molecular weight is 404 g/mol. The van der Waals surface area contributed by atoms with Gasteiger partial charge in [0.2, 0.25) is 0 Å². The summed E-state index contributed by atoms with van der Waals surface area (Å²) in [6, 6.07) is 17.9. The Morgan fingerprint density at radius 2 is 1.66 bits per heavy atom. The number of thiazole rings is 1. The van der Waals surface area contributed by atoms with Crippen LogP contribution in [0.5, 0.6) is 11.5 Å². The Hall–Kier alpha value is -3.71. The predicted octanol–water partition coefficient (Wildman–Crippen LogP) is 5.58. The van der Waals surface area contributed by atoms with Gasteiger partial charge in [-0.1, -0.05) is 11.3 Å². The topological polar surface area (TPSA) is 78.3 Å². The van der Waals surface area contributed by atoms with Gasteiger partial charge in [-0.15, -0.1) is 0 Å². The van der Waals surface area contributed by atoms with Crippen LogP contribution in [-0.2, 0) is 0 Å². The van der Waals surface area contributed by atoms with Gasteiger partial charge >= 0.3 is 0 Å². The second kappa shape index (κ2) is 6.72. The van der Waals surface area contributed by atoms with Gasteiger partial charge in [0, 0.05) is 11.6 Å². The van der Waals surface area contributed by atoms with Gasteiger partial charge < -0.3 is 14.9 Å². The fourth-order valence-corrected chi connectivity index (χ4v) is 3.99. The van der Waals surface area contributed by atoms with E-state index in [4.69, 9.17) is 14.9 Å². The van der Waals surface area contributed by atoms with Crippen molar-refractivity contribution < 1.29 is 13.5 Å². The maximum absolute atomic E-state index is 13.0. The van der Waals surface area contributed by atoms with Gasteiger partial charge in [0.05, 0.1) is 15.6 Å². The molecule has 0 saturated heterocycles. The smallest absolute Gasteiger partial charge is 0.194 e. The standard InChI is InChI=1S/C22H13FN2O3S/c23-13-3-7-15(8-4-13)27-14-5-1-12(2-6-14)19-11-17(26)20-18(28-19)10-9-16-21(20)29-22(24)25-16/h1-11H,(H2,24,25). The third kappa shape index (κ3) is 3.21. The van der Waals surface area contributed by atoms with Crippen LogP contribution in [0.15, 0.2) is 75.9 Å². The molecule has 142 valence electrons. The quantitative estimate of drug-likeness (QED) is 0.424. The molecule has 0 amide bonds. The Morgan fingerprint density at radius 3 is 2.38 bits per heavy atom. The Balaban J connectivity index is 1.51. The third-order valence-electron chi connectivity index (χ3n) is 4.45. The first kappa shape index (κ1) is 17.4. The van der Waals surface area contributed by atoms with E-state index in [-0.39, 0.29) is 11.2 Å². The van der Waals surface area contributed by atoms with Crippen molar-refractivity contribution in [3.8, 4) is 22.8 Å². The van der Waals surface area contributed by atoms with Gasteiger partial charge in [-0.3, -0.25) is 4.79 Å². The minimum Gasteiger partial charge on any atom is -0.457 e. The molecule has 7 heteroatoms. The van der Waals surface area contributed by atoms with E-state index in [1.165, 1.54) is 29.5 Å². The summed E-state index contributed by atoms with van der Waals surface area (Å²) >= 11 is 1.27. The molecule has 2 aromatic heterocycles. The molecule has 0 atom stereocenters. The minimum absolute atomic E-state index is 0.151. The number of nitrogen functional groups attached to an aromatic ring is 1. The van der Waals surface area contributed by atoms with Crippen LogP contribution in [-0.4, -0.2) is 4.98 Å². The number of hydrogen-bond acceptors (Lipinski definition) is 6. The first-order chi connectivity index (χ1) is 14.1. The van der Waals surface area contributed by atoms with E-state index < -0.39 is 0 Å². The van der Waals surface area contributed by atoms with Crippen LogP contribution in [0.1, 0.15) is 0 Å². The lowest BCUT2D eigenvalue weighted by atomic mass is 10.1. The number of nitrogens with two attached hydrogens (primary N) is 1. The highest BCUT2D eigenvalue weighted by molar-refractivity contribution is 7.22. The number of fused-ring (bicyclic) bond motifs is 3. The van der Waals surface area contributed by atoms with Crippen LogP contribution < -0.4 is 15.9 Å². The highest BCUT2D eigenvalue weighted by Gasteiger charge is 2.13. The van der Waals surface area contributed by atoms with Crippen LogP contribution >= 0.6 is 11.3 Å². The summed E-state index contributed by atoms with van der Waals surface area (Å²) in [6.07, 6.45) is 0. The zero-order valence-electron chi connectivity index (χ0n) is 14.9. The molecule has 0 aliphatic rings. The molecule has 0 bridgehead atoms. The maximum atomic E-state index is 13.0. The zero-order valence-corrected chi connectivity index (χ0v) is 15.7. The van der Waals surface area contributed by atoms with Crippen molar-refractivity contribution >= 4 is 37.7 Å². The molecule has 0 spiro atoms. The van der Waals surface area contributed by atoms with E-state index in [9.17, 15) is 9.18 Å². The van der Waals surface area contributed by atoms with E-state index in [0.29, 0.717) is 38.9 Å². The molecule has 0 aliphatic heterocycles. The Bertz CT molecular complexity index is 1410. The Morgan fingerprint density at radius 1 is 0.966 bits per heavy atom. The van der Waals surface area contributed by atoms with E-state index in [0.717, 1.165) is 10.3 Å². The number of ether oxygens (including phenoxy) is 1. The highest BCUT2D eigenvalue weighted by Crippen LogP contribution is 2.32. The third-order valence-corrected chi connectivity index (χ3v) is 5.37. The van der Waals surface area contributed by atoms with Crippen LogP contribution in [0.4, 0.5) is 9.52 Å². The lowest BCUT2D eigenvalue weighted by Gasteiger charge is -2.07. The molecule has 0 fully saturated rings. The lowest BCUT2D eigenvalue weighted by molar-refractivity contribution is 0.480. The molecule has 2 N–H and O–H groups in total. The number of nitrogens with zero attached hydrogens (tertiary/aromatic N) is 1. The first-order valence-electron chi connectivity index (χ1n) is 8.73. The van der Waals surface area contributed by atoms with Crippen molar-refractivity contribution in [2.75, 3.05) is 5.73 Å². The Labute approximate surface area is 167 Å². The van der Waals surface area contributed by atoms with Gasteiger partial charge in [0.15, 0.2) is 10.6 Å². The van der Waals surface area contributed by atoms with Crippen LogP contribution in [0, 0.1) is 5.82 Å². The number of aromatic nitrogens is 1. The highest BCUT2D eigenvalue weighted by atomic mass is 32.1. The number of hydrogen-bond donors (Lipinski definition) is 1. The van der Waals surface area contributed by atoms with Crippen molar-refractivity contribution in [2.24, 2.45) is 0 Å². The van der Waals surface area contributed by atoms with E-state index in [2.05, 4.69) is 4.98 Å². The summed E-state index contributed by atoms with van der Waals surface area (Å²) in [5.74, 6) is 1.25. The molecule has 29 heavy (non-hydrogen) atoms. The molecular formula is C22H13FN2O3S. The Kier molecular flexibility index (Phi) is 4.03. The SMILES string of the molecule is Nc1nc2ccc3oc(-c4ccc(Oc5ccc(F)cc5)cc4)cc(=O)c3c2s1. The normalized spacial score (nSPS) is 11.2. The summed E-state index contributed by atoms with van der Waals surface area (Å²) in [6.45, 7) is 0. The maximum Gasteiger partial charge on any atom is 0.194 e. The van der Waals surface area contributed by atoms with E-state index >= 15 is 0 Å². The van der Waals surface area contributed by atoms with Gasteiger partial charge in [-0.2, -0.15) is 0 Å². The fourth-order valence-electron chi connectivity index (χ4n) is 3.12. The summed E-state index contributed by atoms with van der Waals surface area (Å²) in [5.41, 5.74) is 7.52. The second-order valence-corrected chi connectivity index (χ2v) is 7.42. The van der Waals surface area contributed by atoms with Crippen molar-refractivity contribution in [2.45, 2.75) is 0 Å². The fraction of sp³-hybridized carbons (Fsp3) is 0. The summed E-state index contributed by atoms with van der Waals surface area (Å²) in [7, 11) is 0. The van der Waals surface area contributed by atoms with Crippen molar-refractivity contribution in [3.63, 3.8) is 0 Å². The molecular weight excluding hydrogens is 391 g/mol. The van der Waals surface area contributed by atoms with Gasteiger partial charge in [-0.05, 0) is 60.7 Å². The number of anilines is 1. The van der Waals surface area contributed by atoms with Crippen molar-refractivity contribution in [3.05, 3.63) is 82.8 Å². The molecule has 5 rings (SSSR count). The second-order valence-electron chi connectivity index (χ2n) is 6.39. The molecule has 0 aliphatic carbocycles. The van der Waals surface area contributed by atoms with Crippen LogP contribution in [0.25, 0.3) is 32.5 Å². The zero-order chi connectivity index (χ0) is 20.0. The molecule has 0 saturated carbocycles. The monoisotopic (exact) mass is 404 g/mol. The van der Waals surface area contributed by atoms with Crippen molar-refractivity contribution in [1.82, 2.24) is 4.98 Å². The molecule has 3 aromatic carbocycles. The van der Waals surface area contributed by atoms with Crippen LogP contribution in [0.2, 0.25) is 0 Å². The molecule has 0 unspecified atom stereocenters. The van der Waals surface area contributed by atoms with Gasteiger partial charge in [0.1, 0.15) is 28.7 Å². The lowest BCUT2D eigenvalue weighted by Crippen LogP contribution is -2.00. The van der Waals surface area contributed by atoms with Gasteiger partial charge in [0.25, 0.3) is 0 Å². The summed E-state index contributed by atoms with van der Waals surface area (Å²) in [5, 5.41) is 0.893. The number of benzene rings is 3. The first-order valence-corrected chi connectivity index (χ1v) is 9.55.